The van der Waals surface area contributed by atoms with Gasteiger partial charge in [0.15, 0.2) is 12.4 Å². The minimum absolute atomic E-state index is 0.200. The van der Waals surface area contributed by atoms with Crippen LogP contribution in [-0.2, 0) is 27.3 Å². The Kier molecular flexibility index (Phi) is 6.54. The summed E-state index contributed by atoms with van der Waals surface area (Å²) in [5, 5.41) is 10.7. The van der Waals surface area contributed by atoms with Gasteiger partial charge in [0.1, 0.15) is 5.76 Å². The van der Waals surface area contributed by atoms with Crippen LogP contribution >= 0.6 is 0 Å². The lowest BCUT2D eigenvalue weighted by Gasteiger charge is -2.08. The van der Waals surface area contributed by atoms with Crippen LogP contribution in [0.25, 0.3) is 0 Å². The van der Waals surface area contributed by atoms with Gasteiger partial charge in [-0.05, 0) is 38.7 Å². The molecule has 0 radical (unpaired) electrons. The minimum Gasteiger partial charge on any atom is -0.456 e. The quantitative estimate of drug-likeness (QED) is 0.725. The molecule has 1 amide bonds. The van der Waals surface area contributed by atoms with Gasteiger partial charge in [0, 0.05) is 24.7 Å². The van der Waals surface area contributed by atoms with Crippen molar-refractivity contribution in [1.82, 2.24) is 14.9 Å². The van der Waals surface area contributed by atoms with Crippen LogP contribution in [0.4, 0.5) is 5.82 Å². The average Bonchev–Trinajstić information content (AvgIpc) is 3.07. The van der Waals surface area contributed by atoms with E-state index in [1.165, 1.54) is 0 Å². The molecule has 0 unspecified atom stereocenters. The summed E-state index contributed by atoms with van der Waals surface area (Å²) in [6, 6.07) is 1.58. The third-order valence-corrected chi connectivity index (χ3v) is 3.91. The summed E-state index contributed by atoms with van der Waals surface area (Å²) in [4.78, 5) is 23.7. The average molecular weight is 362 g/mol. The molecule has 0 aliphatic heterocycles. The number of ether oxygens (including phenoxy) is 1. The van der Waals surface area contributed by atoms with Gasteiger partial charge in [-0.25, -0.2) is 0 Å². The highest BCUT2D eigenvalue weighted by atomic mass is 16.5. The van der Waals surface area contributed by atoms with E-state index in [-0.39, 0.29) is 13.0 Å². The predicted octanol–water partition coefficient (Wildman–Crippen LogP) is 2.57. The largest absolute Gasteiger partial charge is 0.456 e. The molecule has 2 heterocycles. The van der Waals surface area contributed by atoms with Gasteiger partial charge in [-0.3, -0.25) is 14.3 Å². The molecule has 2 rings (SSSR count). The number of anilines is 1. The van der Waals surface area contributed by atoms with Crippen molar-refractivity contribution in [3.05, 3.63) is 28.8 Å². The minimum atomic E-state index is -0.455. The van der Waals surface area contributed by atoms with E-state index in [4.69, 9.17) is 9.26 Å². The normalized spacial score (nSPS) is 11.0. The van der Waals surface area contributed by atoms with Crippen LogP contribution in [0.3, 0.4) is 0 Å². The molecule has 0 aliphatic carbocycles. The number of nitrogens with zero attached hydrogens (tertiary/aromatic N) is 3. The standard InChI is InChI=1S/C18H26N4O4/c1-11(2)9-22-14(5)15(13(4)20-22)6-7-18(24)25-10-17(23)19-16-8-12(3)26-21-16/h8,11H,6-7,9-10H2,1-5H3,(H,19,21,23). The summed E-state index contributed by atoms with van der Waals surface area (Å²) >= 11 is 0. The maximum Gasteiger partial charge on any atom is 0.306 e. The highest BCUT2D eigenvalue weighted by Gasteiger charge is 2.15. The SMILES string of the molecule is Cc1cc(NC(=O)COC(=O)CCc2c(C)nn(CC(C)C)c2C)no1. The smallest absolute Gasteiger partial charge is 0.306 e. The van der Waals surface area contributed by atoms with Crippen LogP contribution < -0.4 is 5.32 Å². The molecule has 142 valence electrons. The molecule has 26 heavy (non-hydrogen) atoms. The van der Waals surface area contributed by atoms with Crippen molar-refractivity contribution >= 4 is 17.7 Å². The Bertz CT molecular complexity index is 776. The van der Waals surface area contributed by atoms with Crippen LogP contribution in [-0.4, -0.2) is 33.4 Å². The Balaban J connectivity index is 1.80. The number of carbonyl (C=O) groups excluding carboxylic acids is 2. The number of aryl methyl sites for hydroxylation is 2. The van der Waals surface area contributed by atoms with E-state index in [0.717, 1.165) is 23.5 Å². The zero-order valence-electron chi connectivity index (χ0n) is 16.0. The second kappa shape index (κ2) is 8.64. The lowest BCUT2D eigenvalue weighted by atomic mass is 10.1. The van der Waals surface area contributed by atoms with Crippen LogP contribution in [0.15, 0.2) is 10.6 Å². The zero-order chi connectivity index (χ0) is 19.3. The van der Waals surface area contributed by atoms with E-state index >= 15 is 0 Å². The number of rotatable bonds is 8. The van der Waals surface area contributed by atoms with Crippen molar-refractivity contribution in [2.45, 2.75) is 54.0 Å². The van der Waals surface area contributed by atoms with Gasteiger partial charge in [0.05, 0.1) is 5.69 Å². The molecule has 0 saturated heterocycles. The number of hydrogen-bond donors (Lipinski definition) is 1. The van der Waals surface area contributed by atoms with E-state index in [2.05, 4.69) is 29.4 Å². The molecular formula is C18H26N4O4. The molecule has 0 aromatic carbocycles. The summed E-state index contributed by atoms with van der Waals surface area (Å²) in [5.74, 6) is 0.502. The van der Waals surface area contributed by atoms with Crippen molar-refractivity contribution in [3.8, 4) is 0 Å². The zero-order valence-corrected chi connectivity index (χ0v) is 16.0. The maximum atomic E-state index is 11.9. The van der Waals surface area contributed by atoms with Gasteiger partial charge in [0.25, 0.3) is 5.91 Å². The molecule has 2 aromatic heterocycles. The molecule has 2 aromatic rings. The molecule has 1 N–H and O–H groups in total. The van der Waals surface area contributed by atoms with Gasteiger partial charge < -0.3 is 14.6 Å². The van der Waals surface area contributed by atoms with E-state index in [1.807, 2.05) is 18.5 Å². The Labute approximate surface area is 152 Å². The second-order valence-corrected chi connectivity index (χ2v) is 6.76. The summed E-state index contributed by atoms with van der Waals surface area (Å²) < 4.78 is 11.8. The first-order valence-corrected chi connectivity index (χ1v) is 8.68. The lowest BCUT2D eigenvalue weighted by Crippen LogP contribution is -2.21. The molecule has 0 fully saturated rings. The second-order valence-electron chi connectivity index (χ2n) is 6.76. The first-order chi connectivity index (χ1) is 12.3. The van der Waals surface area contributed by atoms with Gasteiger partial charge in [-0.15, -0.1) is 0 Å². The first-order valence-electron chi connectivity index (χ1n) is 8.68. The van der Waals surface area contributed by atoms with E-state index in [0.29, 0.717) is 23.9 Å². The molecule has 8 heteroatoms. The van der Waals surface area contributed by atoms with Crippen LogP contribution in [0.2, 0.25) is 0 Å². The molecule has 0 saturated carbocycles. The van der Waals surface area contributed by atoms with E-state index in [1.54, 1.807) is 13.0 Å². The van der Waals surface area contributed by atoms with Gasteiger partial charge in [0.2, 0.25) is 0 Å². The van der Waals surface area contributed by atoms with Crippen LogP contribution in [0.1, 0.15) is 43.0 Å². The number of nitrogens with one attached hydrogen (secondary N) is 1. The van der Waals surface area contributed by atoms with Crippen molar-refractivity contribution in [2.75, 3.05) is 11.9 Å². The predicted molar refractivity (Wildman–Crippen MR) is 95.7 cm³/mol. The summed E-state index contributed by atoms with van der Waals surface area (Å²) in [6.07, 6.45) is 0.740. The van der Waals surface area contributed by atoms with Crippen molar-refractivity contribution in [2.24, 2.45) is 5.92 Å². The number of esters is 1. The summed E-state index contributed by atoms with van der Waals surface area (Å²) in [7, 11) is 0. The Morgan fingerprint density at radius 1 is 1.31 bits per heavy atom. The third kappa shape index (κ3) is 5.44. The third-order valence-electron chi connectivity index (χ3n) is 3.91. The highest BCUT2D eigenvalue weighted by molar-refractivity contribution is 5.91. The fourth-order valence-electron chi connectivity index (χ4n) is 2.67. The summed E-state index contributed by atoms with van der Waals surface area (Å²) in [6.45, 7) is 10.4. The highest BCUT2D eigenvalue weighted by Crippen LogP contribution is 2.17. The molecular weight excluding hydrogens is 336 g/mol. The van der Waals surface area contributed by atoms with Gasteiger partial charge >= 0.3 is 5.97 Å². The molecule has 0 atom stereocenters. The maximum absolute atomic E-state index is 11.9. The Hall–Kier alpha value is -2.64. The van der Waals surface area contributed by atoms with E-state index < -0.39 is 11.9 Å². The Morgan fingerprint density at radius 3 is 2.65 bits per heavy atom. The van der Waals surface area contributed by atoms with Gasteiger partial charge in [-0.2, -0.15) is 5.10 Å². The topological polar surface area (TPSA) is 99.2 Å². The van der Waals surface area contributed by atoms with Crippen molar-refractivity contribution in [3.63, 3.8) is 0 Å². The fraction of sp³-hybridized carbons (Fsp3) is 0.556. The number of carbonyl (C=O) groups is 2. The Morgan fingerprint density at radius 2 is 2.04 bits per heavy atom. The van der Waals surface area contributed by atoms with Gasteiger partial charge in [-0.1, -0.05) is 19.0 Å². The van der Waals surface area contributed by atoms with Crippen LogP contribution in [0.5, 0.6) is 0 Å². The number of amides is 1. The molecule has 0 spiro atoms. The van der Waals surface area contributed by atoms with E-state index in [9.17, 15) is 9.59 Å². The molecule has 8 nitrogen and oxygen atoms in total. The fourth-order valence-corrected chi connectivity index (χ4v) is 2.67. The summed E-state index contributed by atoms with van der Waals surface area (Å²) in [5.41, 5.74) is 3.06. The monoisotopic (exact) mass is 362 g/mol. The van der Waals surface area contributed by atoms with Crippen molar-refractivity contribution in [1.29, 1.82) is 0 Å². The molecule has 0 aliphatic rings. The van der Waals surface area contributed by atoms with Crippen molar-refractivity contribution < 1.29 is 18.8 Å². The number of hydrogen-bond acceptors (Lipinski definition) is 6. The molecule has 0 bridgehead atoms. The van der Waals surface area contributed by atoms with Crippen LogP contribution in [0, 0.1) is 26.7 Å². The number of aromatic nitrogens is 3. The first kappa shape index (κ1) is 19.7. The lowest BCUT2D eigenvalue weighted by molar-refractivity contribution is -0.147.